The van der Waals surface area contributed by atoms with Gasteiger partial charge >= 0.3 is 0 Å². The van der Waals surface area contributed by atoms with Crippen LogP contribution in [0.1, 0.15) is 30.2 Å². The van der Waals surface area contributed by atoms with Gasteiger partial charge in [-0.3, -0.25) is 9.59 Å². The van der Waals surface area contributed by atoms with Crippen molar-refractivity contribution in [3.63, 3.8) is 0 Å². The number of hydrogen-bond donors (Lipinski definition) is 1. The van der Waals surface area contributed by atoms with Crippen molar-refractivity contribution in [2.24, 2.45) is 0 Å². The summed E-state index contributed by atoms with van der Waals surface area (Å²) in [5, 5.41) is 7.83. The minimum absolute atomic E-state index is 0.0826. The first-order valence-electron chi connectivity index (χ1n) is 9.39. The SMILES string of the molecule is CCCc1cc(=O)n2nc(N(C)CC(=O)NCCc3ccc(C)cc3)sc2n1. The van der Waals surface area contributed by atoms with Gasteiger partial charge in [-0.15, -0.1) is 5.10 Å². The van der Waals surface area contributed by atoms with E-state index in [9.17, 15) is 9.59 Å². The van der Waals surface area contributed by atoms with Crippen LogP contribution in [0.15, 0.2) is 35.1 Å². The van der Waals surface area contributed by atoms with E-state index in [4.69, 9.17) is 0 Å². The number of carbonyl (C=O) groups excluding carboxylic acids is 1. The van der Waals surface area contributed by atoms with Crippen LogP contribution in [0.5, 0.6) is 0 Å². The number of hydrogen-bond acceptors (Lipinski definition) is 6. The van der Waals surface area contributed by atoms with Crippen molar-refractivity contribution in [1.82, 2.24) is 19.9 Å². The molecule has 0 bridgehead atoms. The summed E-state index contributed by atoms with van der Waals surface area (Å²) in [6, 6.07) is 9.82. The van der Waals surface area contributed by atoms with Gasteiger partial charge in [-0.05, 0) is 25.3 Å². The molecule has 0 saturated carbocycles. The highest BCUT2D eigenvalue weighted by Crippen LogP contribution is 2.20. The smallest absolute Gasteiger partial charge is 0.275 e. The van der Waals surface area contributed by atoms with Crippen molar-refractivity contribution in [3.8, 4) is 0 Å². The topological polar surface area (TPSA) is 79.6 Å². The lowest BCUT2D eigenvalue weighted by Gasteiger charge is -2.14. The molecule has 0 aliphatic carbocycles. The molecule has 28 heavy (non-hydrogen) atoms. The summed E-state index contributed by atoms with van der Waals surface area (Å²) in [5.74, 6) is -0.0826. The lowest BCUT2D eigenvalue weighted by atomic mass is 10.1. The summed E-state index contributed by atoms with van der Waals surface area (Å²) >= 11 is 1.31. The molecule has 0 radical (unpaired) electrons. The Labute approximate surface area is 168 Å². The maximum atomic E-state index is 12.2. The van der Waals surface area contributed by atoms with Gasteiger partial charge in [0.1, 0.15) is 0 Å². The summed E-state index contributed by atoms with van der Waals surface area (Å²) in [5.41, 5.74) is 3.01. The summed E-state index contributed by atoms with van der Waals surface area (Å²) in [6.07, 6.45) is 2.48. The van der Waals surface area contributed by atoms with Crippen LogP contribution in [0.4, 0.5) is 5.13 Å². The van der Waals surface area contributed by atoms with Crippen LogP contribution in [-0.2, 0) is 17.6 Å². The molecule has 8 heteroatoms. The van der Waals surface area contributed by atoms with Crippen LogP contribution in [0.2, 0.25) is 0 Å². The van der Waals surface area contributed by atoms with Crippen molar-refractivity contribution >= 4 is 27.3 Å². The van der Waals surface area contributed by atoms with E-state index in [0.29, 0.717) is 16.6 Å². The number of benzene rings is 1. The van der Waals surface area contributed by atoms with Crippen molar-refractivity contribution in [2.45, 2.75) is 33.1 Å². The first-order valence-corrected chi connectivity index (χ1v) is 10.2. The first-order chi connectivity index (χ1) is 13.5. The number of amides is 1. The van der Waals surface area contributed by atoms with Crippen LogP contribution in [0.3, 0.4) is 0 Å². The molecule has 7 nitrogen and oxygen atoms in total. The third-order valence-corrected chi connectivity index (χ3v) is 5.38. The molecule has 0 unspecified atom stereocenters. The zero-order chi connectivity index (χ0) is 20.1. The molecule has 0 atom stereocenters. The monoisotopic (exact) mass is 399 g/mol. The van der Waals surface area contributed by atoms with Crippen LogP contribution >= 0.6 is 11.3 Å². The molecule has 0 fully saturated rings. The number of likely N-dealkylation sites (N-methyl/N-ethyl adjacent to an activating group) is 1. The number of nitrogens with one attached hydrogen (secondary N) is 1. The molecule has 0 aliphatic heterocycles. The van der Waals surface area contributed by atoms with Crippen LogP contribution in [-0.4, -0.2) is 40.6 Å². The van der Waals surface area contributed by atoms with Gasteiger partial charge in [-0.25, -0.2) is 4.98 Å². The lowest BCUT2D eigenvalue weighted by molar-refractivity contribution is -0.119. The van der Waals surface area contributed by atoms with Gasteiger partial charge in [0.2, 0.25) is 16.0 Å². The third-order valence-electron chi connectivity index (χ3n) is 4.36. The Morgan fingerprint density at radius 1 is 1.25 bits per heavy atom. The molecular formula is C20H25N5O2S. The van der Waals surface area contributed by atoms with E-state index in [1.54, 1.807) is 11.9 Å². The maximum absolute atomic E-state index is 12.2. The summed E-state index contributed by atoms with van der Waals surface area (Å²) in [7, 11) is 1.79. The molecule has 3 aromatic rings. The van der Waals surface area contributed by atoms with Crippen molar-refractivity contribution in [3.05, 3.63) is 57.5 Å². The molecule has 0 spiro atoms. The fourth-order valence-corrected chi connectivity index (χ4v) is 3.71. The normalized spacial score (nSPS) is 11.0. The van der Waals surface area contributed by atoms with Crippen LogP contribution < -0.4 is 15.8 Å². The van der Waals surface area contributed by atoms with E-state index in [2.05, 4.69) is 46.6 Å². The fourth-order valence-electron chi connectivity index (χ4n) is 2.82. The van der Waals surface area contributed by atoms with E-state index >= 15 is 0 Å². The second-order valence-electron chi connectivity index (χ2n) is 6.86. The van der Waals surface area contributed by atoms with Gasteiger partial charge in [-0.2, -0.15) is 4.52 Å². The summed E-state index contributed by atoms with van der Waals surface area (Å²) < 4.78 is 1.30. The average Bonchev–Trinajstić information content (AvgIpc) is 3.08. The second-order valence-corrected chi connectivity index (χ2v) is 7.79. The predicted molar refractivity (Wildman–Crippen MR) is 112 cm³/mol. The Morgan fingerprint density at radius 2 is 2.00 bits per heavy atom. The van der Waals surface area contributed by atoms with Crippen molar-refractivity contribution in [2.75, 3.05) is 25.0 Å². The molecule has 1 amide bonds. The molecule has 2 heterocycles. The molecule has 1 aromatic carbocycles. The highest BCUT2D eigenvalue weighted by molar-refractivity contribution is 7.20. The van der Waals surface area contributed by atoms with E-state index in [1.807, 2.05) is 6.92 Å². The van der Waals surface area contributed by atoms with Gasteiger partial charge in [0, 0.05) is 25.4 Å². The number of nitrogens with zero attached hydrogens (tertiary/aromatic N) is 4. The molecule has 2 aromatic heterocycles. The van der Waals surface area contributed by atoms with E-state index in [-0.39, 0.29) is 18.0 Å². The number of carbonyl (C=O) groups is 1. The molecule has 0 saturated heterocycles. The summed E-state index contributed by atoms with van der Waals surface area (Å²) in [6.45, 7) is 4.85. The molecule has 3 rings (SSSR count). The molecule has 0 aliphatic rings. The van der Waals surface area contributed by atoms with Gasteiger partial charge in [0.25, 0.3) is 5.56 Å². The van der Waals surface area contributed by atoms with E-state index in [0.717, 1.165) is 25.0 Å². The zero-order valence-electron chi connectivity index (χ0n) is 16.4. The van der Waals surface area contributed by atoms with Gasteiger partial charge in [0.15, 0.2) is 0 Å². The van der Waals surface area contributed by atoms with Crippen LogP contribution in [0, 0.1) is 6.92 Å². The van der Waals surface area contributed by atoms with Gasteiger partial charge in [-0.1, -0.05) is 54.5 Å². The van der Waals surface area contributed by atoms with Gasteiger partial charge < -0.3 is 10.2 Å². The average molecular weight is 400 g/mol. The van der Waals surface area contributed by atoms with Crippen molar-refractivity contribution in [1.29, 1.82) is 0 Å². The maximum Gasteiger partial charge on any atom is 0.275 e. The largest absolute Gasteiger partial charge is 0.354 e. The zero-order valence-corrected chi connectivity index (χ0v) is 17.3. The van der Waals surface area contributed by atoms with Crippen LogP contribution in [0.25, 0.3) is 4.96 Å². The first kappa shape index (κ1) is 20.0. The van der Waals surface area contributed by atoms with Crippen molar-refractivity contribution < 1.29 is 4.79 Å². The second kappa shape index (κ2) is 8.97. The molecule has 1 N–H and O–H groups in total. The lowest BCUT2D eigenvalue weighted by Crippen LogP contribution is -2.36. The highest BCUT2D eigenvalue weighted by Gasteiger charge is 2.14. The number of aryl methyl sites for hydroxylation is 2. The standard InChI is InChI=1S/C20H25N5O2S/c1-4-5-16-12-18(27)25-19(22-16)28-20(23-25)24(3)13-17(26)21-11-10-15-8-6-14(2)7-9-15/h6-9,12H,4-5,10-11,13H2,1-3H3,(H,21,26). The third kappa shape index (κ3) is 4.95. The number of rotatable bonds is 8. The van der Waals surface area contributed by atoms with E-state index < -0.39 is 0 Å². The van der Waals surface area contributed by atoms with E-state index in [1.165, 1.54) is 33.0 Å². The number of fused-ring (bicyclic) bond motifs is 1. The number of aromatic nitrogens is 3. The Hall–Kier alpha value is -2.74. The number of anilines is 1. The Bertz CT molecular complexity index is 1010. The predicted octanol–water partition coefficient (Wildman–Crippen LogP) is 2.21. The fraction of sp³-hybridized carbons (Fsp3) is 0.400. The quantitative estimate of drug-likeness (QED) is 0.628. The minimum Gasteiger partial charge on any atom is -0.354 e. The highest BCUT2D eigenvalue weighted by atomic mass is 32.1. The molecule has 148 valence electrons. The minimum atomic E-state index is -0.188. The molecular weight excluding hydrogens is 374 g/mol. The Balaban J connectivity index is 1.58. The van der Waals surface area contributed by atoms with Gasteiger partial charge in [0.05, 0.1) is 6.54 Å². The summed E-state index contributed by atoms with van der Waals surface area (Å²) in [4.78, 5) is 31.2. The Morgan fingerprint density at radius 3 is 2.71 bits per heavy atom. The Kier molecular flexibility index (Phi) is 6.41.